The van der Waals surface area contributed by atoms with Crippen LogP contribution in [0.3, 0.4) is 0 Å². The van der Waals surface area contributed by atoms with Crippen LogP contribution in [0.4, 0.5) is 5.69 Å². The minimum absolute atomic E-state index is 0.0718. The third-order valence-corrected chi connectivity index (χ3v) is 4.06. The second-order valence-electron chi connectivity index (χ2n) is 5.74. The SMILES string of the molecule is Cc1ccccc1NC(=O)CN1CCCC(C)C1C(=O)O. The fourth-order valence-corrected chi connectivity index (χ4v) is 2.94. The fraction of sp³-hybridized carbons (Fsp3) is 0.500. The maximum absolute atomic E-state index is 12.2. The van der Waals surface area contributed by atoms with Crippen molar-refractivity contribution in [2.24, 2.45) is 5.92 Å². The molecule has 2 N–H and O–H groups in total. The molecule has 0 spiro atoms. The zero-order chi connectivity index (χ0) is 15.4. The molecule has 1 amide bonds. The van der Waals surface area contributed by atoms with Gasteiger partial charge in [-0.15, -0.1) is 0 Å². The van der Waals surface area contributed by atoms with E-state index in [1.807, 2.05) is 38.1 Å². The molecule has 1 aromatic rings. The molecule has 114 valence electrons. The van der Waals surface area contributed by atoms with Gasteiger partial charge < -0.3 is 10.4 Å². The van der Waals surface area contributed by atoms with Crippen LogP contribution in [-0.2, 0) is 9.59 Å². The molecule has 5 nitrogen and oxygen atoms in total. The van der Waals surface area contributed by atoms with Crippen molar-refractivity contribution in [1.29, 1.82) is 0 Å². The number of carbonyl (C=O) groups excluding carboxylic acids is 1. The molecule has 1 aliphatic heterocycles. The lowest BCUT2D eigenvalue weighted by Crippen LogP contribution is -2.51. The van der Waals surface area contributed by atoms with E-state index in [1.165, 1.54) is 0 Å². The van der Waals surface area contributed by atoms with Gasteiger partial charge in [-0.1, -0.05) is 25.1 Å². The van der Waals surface area contributed by atoms with Gasteiger partial charge in [-0.25, -0.2) is 0 Å². The van der Waals surface area contributed by atoms with Gasteiger partial charge in [0.15, 0.2) is 0 Å². The van der Waals surface area contributed by atoms with Gasteiger partial charge in [0.2, 0.25) is 5.91 Å². The van der Waals surface area contributed by atoms with E-state index in [2.05, 4.69) is 5.32 Å². The predicted molar refractivity (Wildman–Crippen MR) is 81.2 cm³/mol. The van der Waals surface area contributed by atoms with Crippen molar-refractivity contribution in [3.05, 3.63) is 29.8 Å². The normalized spacial score (nSPS) is 22.8. The molecule has 0 radical (unpaired) electrons. The number of hydrogen-bond acceptors (Lipinski definition) is 3. The second kappa shape index (κ2) is 6.72. The number of nitrogens with zero attached hydrogens (tertiary/aromatic N) is 1. The predicted octanol–water partition coefficient (Wildman–Crippen LogP) is 2.12. The Labute approximate surface area is 125 Å². The topological polar surface area (TPSA) is 69.6 Å². The molecule has 1 aliphatic rings. The number of hydrogen-bond donors (Lipinski definition) is 2. The van der Waals surface area contributed by atoms with Gasteiger partial charge in [0.25, 0.3) is 0 Å². The van der Waals surface area contributed by atoms with Gasteiger partial charge in [-0.2, -0.15) is 0 Å². The van der Waals surface area contributed by atoms with E-state index >= 15 is 0 Å². The third kappa shape index (κ3) is 3.82. The average Bonchev–Trinajstić information content (AvgIpc) is 2.41. The summed E-state index contributed by atoms with van der Waals surface area (Å²) in [6.45, 7) is 4.64. The Balaban J connectivity index is 2.01. The molecule has 0 bridgehead atoms. The van der Waals surface area contributed by atoms with Crippen molar-refractivity contribution >= 4 is 17.6 Å². The standard InChI is InChI=1S/C16H22N2O3/c1-11-6-3-4-8-13(11)17-14(19)10-18-9-5-7-12(2)15(18)16(20)21/h3-4,6,8,12,15H,5,7,9-10H2,1-2H3,(H,17,19)(H,20,21). The van der Waals surface area contributed by atoms with Crippen LogP contribution in [0, 0.1) is 12.8 Å². The van der Waals surface area contributed by atoms with Crippen LogP contribution >= 0.6 is 0 Å². The number of carbonyl (C=O) groups is 2. The van der Waals surface area contributed by atoms with Gasteiger partial charge in [-0.05, 0) is 43.9 Å². The Morgan fingerprint density at radius 3 is 2.76 bits per heavy atom. The van der Waals surface area contributed by atoms with Crippen LogP contribution in [0.25, 0.3) is 0 Å². The first-order chi connectivity index (χ1) is 9.99. The fourth-order valence-electron chi connectivity index (χ4n) is 2.94. The van der Waals surface area contributed by atoms with E-state index in [1.54, 1.807) is 4.90 Å². The van der Waals surface area contributed by atoms with Crippen molar-refractivity contribution in [1.82, 2.24) is 4.90 Å². The van der Waals surface area contributed by atoms with E-state index in [0.29, 0.717) is 6.54 Å². The molecule has 2 rings (SSSR count). The van der Waals surface area contributed by atoms with Crippen molar-refractivity contribution in [2.75, 3.05) is 18.4 Å². The van der Waals surface area contributed by atoms with E-state index in [9.17, 15) is 14.7 Å². The first-order valence-corrected chi connectivity index (χ1v) is 7.31. The highest BCUT2D eigenvalue weighted by Crippen LogP contribution is 2.23. The van der Waals surface area contributed by atoms with Gasteiger partial charge >= 0.3 is 5.97 Å². The van der Waals surface area contributed by atoms with Crippen molar-refractivity contribution in [3.8, 4) is 0 Å². The van der Waals surface area contributed by atoms with Gasteiger partial charge in [0, 0.05) is 5.69 Å². The number of nitrogens with one attached hydrogen (secondary N) is 1. The van der Waals surface area contributed by atoms with E-state index < -0.39 is 12.0 Å². The zero-order valence-corrected chi connectivity index (χ0v) is 12.5. The summed E-state index contributed by atoms with van der Waals surface area (Å²) in [6.07, 6.45) is 1.83. The summed E-state index contributed by atoms with van der Waals surface area (Å²) < 4.78 is 0. The van der Waals surface area contributed by atoms with Crippen molar-refractivity contribution in [3.63, 3.8) is 0 Å². The highest BCUT2D eigenvalue weighted by Gasteiger charge is 2.34. The minimum Gasteiger partial charge on any atom is -0.480 e. The first kappa shape index (κ1) is 15.5. The number of aliphatic carboxylic acids is 1. The van der Waals surface area contributed by atoms with Crippen molar-refractivity contribution < 1.29 is 14.7 Å². The van der Waals surface area contributed by atoms with Crippen LogP contribution in [-0.4, -0.2) is 41.0 Å². The molecule has 1 heterocycles. The summed E-state index contributed by atoms with van der Waals surface area (Å²) in [6, 6.07) is 6.99. The maximum Gasteiger partial charge on any atom is 0.321 e. The van der Waals surface area contributed by atoms with Crippen LogP contribution in [0.15, 0.2) is 24.3 Å². The number of piperidine rings is 1. The average molecular weight is 290 g/mol. The molecule has 0 aliphatic carbocycles. The molecular formula is C16H22N2O3. The van der Waals surface area contributed by atoms with Crippen LogP contribution in [0.5, 0.6) is 0 Å². The number of carboxylic acids is 1. The number of carboxylic acid groups (broad SMARTS) is 1. The summed E-state index contributed by atoms with van der Waals surface area (Å²) in [4.78, 5) is 25.3. The van der Waals surface area contributed by atoms with Gasteiger partial charge in [-0.3, -0.25) is 14.5 Å². The first-order valence-electron chi connectivity index (χ1n) is 7.31. The highest BCUT2D eigenvalue weighted by atomic mass is 16.4. The number of para-hydroxylation sites is 1. The monoisotopic (exact) mass is 290 g/mol. The Bertz CT molecular complexity index is 530. The van der Waals surface area contributed by atoms with E-state index in [-0.39, 0.29) is 18.4 Å². The van der Waals surface area contributed by atoms with Gasteiger partial charge in [0.05, 0.1) is 6.54 Å². The van der Waals surface area contributed by atoms with Crippen LogP contribution < -0.4 is 5.32 Å². The van der Waals surface area contributed by atoms with Crippen LogP contribution in [0.1, 0.15) is 25.3 Å². The molecule has 5 heteroatoms. The van der Waals surface area contributed by atoms with Crippen LogP contribution in [0.2, 0.25) is 0 Å². The van der Waals surface area contributed by atoms with Crippen molar-refractivity contribution in [2.45, 2.75) is 32.7 Å². The molecule has 0 aromatic heterocycles. The lowest BCUT2D eigenvalue weighted by Gasteiger charge is -2.36. The lowest BCUT2D eigenvalue weighted by molar-refractivity contribution is -0.147. The molecule has 21 heavy (non-hydrogen) atoms. The zero-order valence-electron chi connectivity index (χ0n) is 12.5. The molecule has 1 fully saturated rings. The Kier molecular flexibility index (Phi) is 4.96. The number of benzene rings is 1. The largest absolute Gasteiger partial charge is 0.480 e. The molecule has 1 saturated heterocycles. The van der Waals surface area contributed by atoms with Gasteiger partial charge in [0.1, 0.15) is 6.04 Å². The maximum atomic E-state index is 12.2. The number of likely N-dealkylation sites (tertiary alicyclic amines) is 1. The summed E-state index contributed by atoms with van der Waals surface area (Å²) >= 11 is 0. The number of rotatable bonds is 4. The summed E-state index contributed by atoms with van der Waals surface area (Å²) in [5.41, 5.74) is 1.77. The molecular weight excluding hydrogens is 268 g/mol. The van der Waals surface area contributed by atoms with E-state index in [0.717, 1.165) is 24.1 Å². The highest BCUT2D eigenvalue weighted by molar-refractivity contribution is 5.93. The quantitative estimate of drug-likeness (QED) is 0.891. The van der Waals surface area contributed by atoms with E-state index in [4.69, 9.17) is 0 Å². The Morgan fingerprint density at radius 1 is 1.38 bits per heavy atom. The lowest BCUT2D eigenvalue weighted by atomic mass is 9.91. The second-order valence-corrected chi connectivity index (χ2v) is 5.74. The minimum atomic E-state index is -0.842. The number of amides is 1. The molecule has 1 aromatic carbocycles. The molecule has 0 saturated carbocycles. The summed E-state index contributed by atoms with van der Waals surface area (Å²) in [5, 5.41) is 12.2. The number of anilines is 1. The molecule has 2 unspecified atom stereocenters. The summed E-state index contributed by atoms with van der Waals surface area (Å²) in [5.74, 6) is -0.932. The Morgan fingerprint density at radius 2 is 2.10 bits per heavy atom. The number of aryl methyl sites for hydroxylation is 1. The smallest absolute Gasteiger partial charge is 0.321 e. The Hall–Kier alpha value is -1.88. The third-order valence-electron chi connectivity index (χ3n) is 4.06. The summed E-state index contributed by atoms with van der Waals surface area (Å²) in [7, 11) is 0. The molecule has 2 atom stereocenters.